The first-order valence-electron chi connectivity index (χ1n) is 11.5. The maximum Gasteiger partial charge on any atom is 0.226 e. The Balaban J connectivity index is 1.44. The van der Waals surface area contributed by atoms with E-state index in [2.05, 4.69) is 41.1 Å². The minimum Gasteiger partial charge on any atom is -0.467 e. The third kappa shape index (κ3) is 4.67. The molecule has 9 nitrogen and oxygen atoms in total. The number of hydrogen-bond donors (Lipinski definition) is 1. The van der Waals surface area contributed by atoms with Crippen LogP contribution in [0.3, 0.4) is 0 Å². The number of pyridine rings is 1. The van der Waals surface area contributed by atoms with Gasteiger partial charge in [-0.2, -0.15) is 5.10 Å². The van der Waals surface area contributed by atoms with Crippen LogP contribution < -0.4 is 15.0 Å². The zero-order chi connectivity index (χ0) is 23.9. The van der Waals surface area contributed by atoms with E-state index in [-0.39, 0.29) is 12.3 Å². The monoisotopic (exact) mass is 461 g/mol. The molecule has 3 aromatic heterocycles. The molecule has 1 atom stereocenters. The summed E-state index contributed by atoms with van der Waals surface area (Å²) in [6, 6.07) is 8.38. The summed E-state index contributed by atoms with van der Waals surface area (Å²) in [6.45, 7) is 8.58. The van der Waals surface area contributed by atoms with Gasteiger partial charge in [0.25, 0.3) is 0 Å². The van der Waals surface area contributed by atoms with E-state index in [1.165, 1.54) is 0 Å². The fraction of sp³-hybridized carbons (Fsp3) is 0.440. The Bertz CT molecular complexity index is 1330. The van der Waals surface area contributed by atoms with Gasteiger partial charge in [0.2, 0.25) is 5.95 Å². The Morgan fingerprint density at radius 1 is 1.12 bits per heavy atom. The summed E-state index contributed by atoms with van der Waals surface area (Å²) in [6.07, 6.45) is 4.87. The number of rotatable bonds is 6. The van der Waals surface area contributed by atoms with E-state index in [1.54, 1.807) is 11.8 Å². The zero-order valence-electron chi connectivity index (χ0n) is 20.4. The minimum absolute atomic E-state index is 0.0931. The first-order valence-corrected chi connectivity index (χ1v) is 11.5. The Labute approximate surface area is 199 Å². The summed E-state index contributed by atoms with van der Waals surface area (Å²) < 4.78 is 12.8. The van der Waals surface area contributed by atoms with Crippen LogP contribution in [-0.2, 0) is 11.8 Å². The second kappa shape index (κ2) is 8.81. The van der Waals surface area contributed by atoms with Crippen LogP contribution in [0.15, 0.2) is 36.7 Å². The van der Waals surface area contributed by atoms with E-state index in [1.807, 2.05) is 43.7 Å². The normalized spacial score (nSPS) is 16.6. The highest BCUT2D eigenvalue weighted by Crippen LogP contribution is 2.34. The molecule has 0 amide bonds. The Kier molecular flexibility index (Phi) is 5.83. The summed E-state index contributed by atoms with van der Waals surface area (Å²) >= 11 is 0. The molecule has 4 heterocycles. The van der Waals surface area contributed by atoms with Crippen molar-refractivity contribution in [3.63, 3.8) is 0 Å². The van der Waals surface area contributed by atoms with Crippen LogP contribution in [0.2, 0.25) is 0 Å². The first-order chi connectivity index (χ1) is 16.3. The SMILES string of the molecule is COCOc1cc2nn(C)cc2cc1-c1ccc2nc(N3CCC(NC(C)(C)C)C3)ncc2n1. The molecule has 1 aromatic carbocycles. The molecule has 0 spiro atoms. The molecule has 1 N–H and O–H groups in total. The van der Waals surface area contributed by atoms with Crippen LogP contribution >= 0.6 is 0 Å². The molecule has 4 aromatic rings. The highest BCUT2D eigenvalue weighted by Gasteiger charge is 2.27. The lowest BCUT2D eigenvalue weighted by molar-refractivity contribution is 0.0516. The molecule has 34 heavy (non-hydrogen) atoms. The van der Waals surface area contributed by atoms with E-state index in [0.717, 1.165) is 58.7 Å². The van der Waals surface area contributed by atoms with Crippen molar-refractivity contribution in [1.82, 2.24) is 30.0 Å². The minimum atomic E-state index is 0.0931. The number of nitrogens with one attached hydrogen (secondary N) is 1. The molecular weight excluding hydrogens is 430 g/mol. The molecule has 9 heteroatoms. The molecule has 0 radical (unpaired) electrons. The van der Waals surface area contributed by atoms with Gasteiger partial charge < -0.3 is 19.7 Å². The number of hydrogen-bond acceptors (Lipinski definition) is 8. The molecule has 0 bridgehead atoms. The van der Waals surface area contributed by atoms with Crippen molar-refractivity contribution in [2.45, 2.75) is 38.8 Å². The number of nitrogens with zero attached hydrogens (tertiary/aromatic N) is 6. The van der Waals surface area contributed by atoms with E-state index < -0.39 is 0 Å². The average Bonchev–Trinajstić information content (AvgIpc) is 3.40. The number of fused-ring (bicyclic) bond motifs is 2. The fourth-order valence-electron chi connectivity index (χ4n) is 4.50. The van der Waals surface area contributed by atoms with Crippen LogP contribution in [0.5, 0.6) is 5.75 Å². The predicted octanol–water partition coefficient (Wildman–Crippen LogP) is 3.53. The number of aromatic nitrogens is 5. The quantitative estimate of drug-likeness (QED) is 0.436. The number of benzene rings is 1. The molecule has 1 unspecified atom stereocenters. The molecule has 1 aliphatic heterocycles. The lowest BCUT2D eigenvalue weighted by Crippen LogP contribution is -2.45. The molecule has 178 valence electrons. The highest BCUT2D eigenvalue weighted by atomic mass is 16.7. The predicted molar refractivity (Wildman–Crippen MR) is 133 cm³/mol. The lowest BCUT2D eigenvalue weighted by atomic mass is 10.1. The maximum atomic E-state index is 5.85. The second-order valence-corrected chi connectivity index (χ2v) is 9.86. The van der Waals surface area contributed by atoms with Crippen LogP contribution in [0, 0.1) is 0 Å². The third-order valence-electron chi connectivity index (χ3n) is 5.86. The van der Waals surface area contributed by atoms with Crippen LogP contribution in [0.1, 0.15) is 27.2 Å². The number of anilines is 1. The van der Waals surface area contributed by atoms with E-state index in [0.29, 0.717) is 11.8 Å². The van der Waals surface area contributed by atoms with Crippen molar-refractivity contribution in [1.29, 1.82) is 0 Å². The summed E-state index contributed by atoms with van der Waals surface area (Å²) in [4.78, 5) is 16.5. The van der Waals surface area contributed by atoms with Crippen molar-refractivity contribution < 1.29 is 9.47 Å². The summed E-state index contributed by atoms with van der Waals surface area (Å²) in [5, 5.41) is 9.18. The topological polar surface area (TPSA) is 90.2 Å². The van der Waals surface area contributed by atoms with Gasteiger partial charge >= 0.3 is 0 Å². The smallest absolute Gasteiger partial charge is 0.226 e. The molecular formula is C25H31N7O2. The first kappa shape index (κ1) is 22.5. The van der Waals surface area contributed by atoms with Gasteiger partial charge in [-0.1, -0.05) is 0 Å². The van der Waals surface area contributed by atoms with Crippen molar-refractivity contribution in [3.05, 3.63) is 36.7 Å². The van der Waals surface area contributed by atoms with Crippen molar-refractivity contribution in [3.8, 4) is 17.0 Å². The molecule has 0 aliphatic carbocycles. The largest absolute Gasteiger partial charge is 0.467 e. The molecule has 1 saturated heterocycles. The zero-order valence-corrected chi connectivity index (χ0v) is 20.4. The Morgan fingerprint density at radius 3 is 2.76 bits per heavy atom. The van der Waals surface area contributed by atoms with Gasteiger partial charge in [-0.25, -0.2) is 15.0 Å². The van der Waals surface area contributed by atoms with Gasteiger partial charge in [0.05, 0.1) is 22.9 Å². The number of methoxy groups -OCH3 is 1. The third-order valence-corrected chi connectivity index (χ3v) is 5.86. The van der Waals surface area contributed by atoms with E-state index in [9.17, 15) is 0 Å². The standard InChI is InChI=1S/C25H31N7O2/c1-25(2,3)29-17-8-9-32(14-17)24-26-12-22-20(28-24)7-6-19(27-22)18-10-16-13-31(4)30-21(16)11-23(18)34-15-33-5/h6-7,10-13,17,29H,8-9,14-15H2,1-5H3. The second-order valence-electron chi connectivity index (χ2n) is 9.86. The average molecular weight is 462 g/mol. The Morgan fingerprint density at radius 2 is 1.97 bits per heavy atom. The van der Waals surface area contributed by atoms with Crippen LogP contribution in [0.4, 0.5) is 5.95 Å². The van der Waals surface area contributed by atoms with Crippen molar-refractivity contribution in [2.24, 2.45) is 7.05 Å². The molecule has 1 aliphatic rings. The lowest BCUT2D eigenvalue weighted by Gasteiger charge is -2.26. The van der Waals surface area contributed by atoms with E-state index in [4.69, 9.17) is 19.4 Å². The van der Waals surface area contributed by atoms with Crippen LogP contribution in [0.25, 0.3) is 33.2 Å². The fourth-order valence-corrected chi connectivity index (χ4v) is 4.50. The number of ether oxygens (including phenoxy) is 2. The van der Waals surface area contributed by atoms with Crippen molar-refractivity contribution in [2.75, 3.05) is 31.9 Å². The van der Waals surface area contributed by atoms with E-state index >= 15 is 0 Å². The van der Waals surface area contributed by atoms with Gasteiger partial charge in [0.15, 0.2) is 6.79 Å². The maximum absolute atomic E-state index is 5.85. The van der Waals surface area contributed by atoms with Gasteiger partial charge in [0, 0.05) is 62.0 Å². The van der Waals surface area contributed by atoms with Crippen molar-refractivity contribution >= 4 is 27.9 Å². The van der Waals surface area contributed by atoms with Gasteiger partial charge in [0.1, 0.15) is 11.3 Å². The van der Waals surface area contributed by atoms with Gasteiger partial charge in [-0.15, -0.1) is 0 Å². The molecule has 1 fully saturated rings. The van der Waals surface area contributed by atoms with Gasteiger partial charge in [-0.3, -0.25) is 4.68 Å². The molecule has 0 saturated carbocycles. The Hall–Kier alpha value is -3.30. The molecule has 5 rings (SSSR count). The summed E-state index contributed by atoms with van der Waals surface area (Å²) in [7, 11) is 3.50. The number of aryl methyl sites for hydroxylation is 1. The highest BCUT2D eigenvalue weighted by molar-refractivity contribution is 5.88. The van der Waals surface area contributed by atoms with Gasteiger partial charge in [-0.05, 0) is 45.4 Å². The summed E-state index contributed by atoms with van der Waals surface area (Å²) in [5.74, 6) is 1.42. The van der Waals surface area contributed by atoms with Crippen LogP contribution in [-0.4, -0.2) is 63.3 Å². The summed E-state index contributed by atoms with van der Waals surface area (Å²) in [5.41, 5.74) is 4.18.